The second-order valence-electron chi connectivity index (χ2n) is 5.94. The maximum Gasteiger partial charge on any atom is 0.338 e. The van der Waals surface area contributed by atoms with Crippen LogP contribution in [0.2, 0.25) is 5.02 Å². The van der Waals surface area contributed by atoms with Crippen molar-refractivity contribution in [2.45, 2.75) is 6.92 Å². The Morgan fingerprint density at radius 3 is 2.52 bits per heavy atom. The molecule has 1 aliphatic heterocycles. The molecular formula is C18H18ClN3O3. The molecule has 1 amide bonds. The number of carbonyl (C=O) groups excluding carboxylic acids is 1. The Bertz CT molecular complexity index is 817. The molecule has 130 valence electrons. The highest BCUT2D eigenvalue weighted by atomic mass is 35.5. The van der Waals surface area contributed by atoms with Crippen LogP contribution in [0, 0.1) is 6.92 Å². The van der Waals surface area contributed by atoms with Crippen molar-refractivity contribution in [2.75, 3.05) is 31.1 Å². The lowest BCUT2D eigenvalue weighted by atomic mass is 10.1. The third-order valence-corrected chi connectivity index (χ3v) is 4.60. The molecule has 1 saturated heterocycles. The monoisotopic (exact) mass is 359 g/mol. The molecule has 6 nitrogen and oxygen atoms in total. The lowest BCUT2D eigenvalue weighted by Crippen LogP contribution is -2.49. The van der Waals surface area contributed by atoms with E-state index in [2.05, 4.69) is 9.88 Å². The number of carbonyl (C=O) groups is 2. The van der Waals surface area contributed by atoms with Crippen LogP contribution < -0.4 is 4.90 Å². The van der Waals surface area contributed by atoms with Crippen molar-refractivity contribution in [2.24, 2.45) is 0 Å². The van der Waals surface area contributed by atoms with Crippen molar-refractivity contribution in [3.8, 4) is 0 Å². The van der Waals surface area contributed by atoms with Gasteiger partial charge in [0.25, 0.3) is 5.91 Å². The Morgan fingerprint density at radius 2 is 1.84 bits per heavy atom. The normalized spacial score (nSPS) is 14.5. The van der Waals surface area contributed by atoms with Crippen molar-refractivity contribution in [1.29, 1.82) is 0 Å². The summed E-state index contributed by atoms with van der Waals surface area (Å²) in [6.45, 7) is 4.40. The average molecular weight is 360 g/mol. The van der Waals surface area contributed by atoms with E-state index in [9.17, 15) is 14.7 Å². The van der Waals surface area contributed by atoms with Crippen LogP contribution in [0.15, 0.2) is 36.7 Å². The maximum absolute atomic E-state index is 12.7. The fraction of sp³-hybridized carbons (Fsp3) is 0.278. The Kier molecular flexibility index (Phi) is 4.90. The fourth-order valence-electron chi connectivity index (χ4n) is 3.00. The van der Waals surface area contributed by atoms with Crippen LogP contribution >= 0.6 is 11.6 Å². The van der Waals surface area contributed by atoms with Crippen molar-refractivity contribution >= 4 is 29.2 Å². The molecule has 3 rings (SSSR count). The fourth-order valence-corrected chi connectivity index (χ4v) is 3.16. The summed E-state index contributed by atoms with van der Waals surface area (Å²) in [4.78, 5) is 31.6. The molecule has 0 radical (unpaired) electrons. The predicted octanol–water partition coefficient (Wildman–Crippen LogP) is 2.70. The van der Waals surface area contributed by atoms with Gasteiger partial charge in [-0.15, -0.1) is 0 Å². The molecule has 2 aromatic rings. The first-order valence-corrected chi connectivity index (χ1v) is 8.33. The lowest BCUT2D eigenvalue weighted by Gasteiger charge is -2.37. The molecule has 1 N–H and O–H groups in total. The van der Waals surface area contributed by atoms with Gasteiger partial charge in [-0.05, 0) is 30.7 Å². The number of piperazine rings is 1. The molecule has 7 heteroatoms. The van der Waals surface area contributed by atoms with Gasteiger partial charge in [-0.25, -0.2) is 4.79 Å². The van der Waals surface area contributed by atoms with E-state index in [0.717, 1.165) is 11.3 Å². The van der Waals surface area contributed by atoms with Crippen molar-refractivity contribution in [3.05, 3.63) is 58.4 Å². The molecule has 1 aliphatic rings. The molecule has 0 aliphatic carbocycles. The van der Waals surface area contributed by atoms with E-state index in [4.69, 9.17) is 11.6 Å². The van der Waals surface area contributed by atoms with E-state index in [-0.39, 0.29) is 17.0 Å². The maximum atomic E-state index is 12.7. The Morgan fingerprint density at radius 1 is 1.12 bits per heavy atom. The number of halogens is 1. The number of carboxylic acid groups (broad SMARTS) is 1. The van der Waals surface area contributed by atoms with Crippen molar-refractivity contribution < 1.29 is 14.7 Å². The standard InChI is InChI=1S/C18H18ClN3O3/c1-12-2-3-13(19)10-16(12)21-6-8-22(9-7-21)17(23)14-4-5-20-11-15(14)18(24)25/h2-5,10-11H,6-9H2,1H3,(H,24,25). The van der Waals surface area contributed by atoms with Crippen LogP contribution in [0.3, 0.4) is 0 Å². The van der Waals surface area contributed by atoms with Gasteiger partial charge in [-0.3, -0.25) is 9.78 Å². The van der Waals surface area contributed by atoms with Gasteiger partial charge < -0.3 is 14.9 Å². The van der Waals surface area contributed by atoms with E-state index in [1.165, 1.54) is 18.5 Å². The number of anilines is 1. The molecule has 0 unspecified atom stereocenters. The van der Waals surface area contributed by atoms with Gasteiger partial charge in [0.2, 0.25) is 0 Å². The second-order valence-corrected chi connectivity index (χ2v) is 6.37. The number of aryl methyl sites for hydroxylation is 1. The van der Waals surface area contributed by atoms with Crippen LogP contribution in [-0.4, -0.2) is 53.0 Å². The summed E-state index contributed by atoms with van der Waals surface area (Å²) < 4.78 is 0. The quantitative estimate of drug-likeness (QED) is 0.912. The molecule has 2 heterocycles. The highest BCUT2D eigenvalue weighted by Crippen LogP contribution is 2.25. The number of hydrogen-bond donors (Lipinski definition) is 1. The zero-order chi connectivity index (χ0) is 18.0. The number of amides is 1. The van der Waals surface area contributed by atoms with E-state index in [0.29, 0.717) is 31.2 Å². The molecule has 0 bridgehead atoms. The molecular weight excluding hydrogens is 342 g/mol. The third kappa shape index (κ3) is 3.58. The van der Waals surface area contributed by atoms with Gasteiger partial charge in [-0.1, -0.05) is 17.7 Å². The minimum Gasteiger partial charge on any atom is -0.478 e. The Hall–Kier alpha value is -2.60. The van der Waals surface area contributed by atoms with E-state index >= 15 is 0 Å². The largest absolute Gasteiger partial charge is 0.478 e. The van der Waals surface area contributed by atoms with Gasteiger partial charge >= 0.3 is 5.97 Å². The molecule has 1 aromatic carbocycles. The van der Waals surface area contributed by atoms with Gasteiger partial charge in [0.05, 0.1) is 11.1 Å². The van der Waals surface area contributed by atoms with Crippen molar-refractivity contribution in [1.82, 2.24) is 9.88 Å². The first-order valence-electron chi connectivity index (χ1n) is 7.95. The summed E-state index contributed by atoms with van der Waals surface area (Å²) in [6.07, 6.45) is 2.65. The summed E-state index contributed by atoms with van der Waals surface area (Å²) in [6, 6.07) is 7.22. The number of rotatable bonds is 3. The molecule has 25 heavy (non-hydrogen) atoms. The molecule has 0 spiro atoms. The zero-order valence-electron chi connectivity index (χ0n) is 13.8. The van der Waals surface area contributed by atoms with Gasteiger partial charge in [-0.2, -0.15) is 0 Å². The number of nitrogens with zero attached hydrogens (tertiary/aromatic N) is 3. The average Bonchev–Trinajstić information content (AvgIpc) is 2.63. The molecule has 1 aromatic heterocycles. The second kappa shape index (κ2) is 7.11. The Labute approximate surface area is 150 Å². The van der Waals surface area contributed by atoms with E-state index < -0.39 is 5.97 Å². The lowest BCUT2D eigenvalue weighted by molar-refractivity contribution is 0.0672. The minimum absolute atomic E-state index is 0.0689. The minimum atomic E-state index is -1.15. The molecule has 0 atom stereocenters. The number of benzene rings is 1. The number of pyridine rings is 1. The number of hydrogen-bond acceptors (Lipinski definition) is 4. The summed E-state index contributed by atoms with van der Waals surface area (Å²) in [5, 5.41) is 9.91. The topological polar surface area (TPSA) is 73.7 Å². The van der Waals surface area contributed by atoms with Crippen LogP contribution in [0.1, 0.15) is 26.3 Å². The number of aromatic nitrogens is 1. The van der Waals surface area contributed by atoms with Crippen LogP contribution in [-0.2, 0) is 0 Å². The summed E-state index contributed by atoms with van der Waals surface area (Å²) >= 11 is 6.09. The summed E-state index contributed by atoms with van der Waals surface area (Å²) in [5.74, 6) is -1.42. The zero-order valence-corrected chi connectivity index (χ0v) is 14.5. The first kappa shape index (κ1) is 17.2. The first-order chi connectivity index (χ1) is 12.0. The van der Waals surface area contributed by atoms with Crippen LogP contribution in [0.5, 0.6) is 0 Å². The van der Waals surface area contributed by atoms with E-state index in [1.807, 2.05) is 25.1 Å². The number of aromatic carboxylic acids is 1. The van der Waals surface area contributed by atoms with Gasteiger partial charge in [0.15, 0.2) is 0 Å². The summed E-state index contributed by atoms with van der Waals surface area (Å²) in [7, 11) is 0. The SMILES string of the molecule is Cc1ccc(Cl)cc1N1CCN(C(=O)c2ccncc2C(=O)O)CC1. The van der Waals surface area contributed by atoms with Gasteiger partial charge in [0, 0.05) is 49.3 Å². The summed E-state index contributed by atoms with van der Waals surface area (Å²) in [5.41, 5.74) is 2.30. The highest BCUT2D eigenvalue weighted by Gasteiger charge is 2.26. The van der Waals surface area contributed by atoms with Crippen LogP contribution in [0.25, 0.3) is 0 Å². The van der Waals surface area contributed by atoms with E-state index in [1.54, 1.807) is 4.90 Å². The highest BCUT2D eigenvalue weighted by molar-refractivity contribution is 6.30. The smallest absolute Gasteiger partial charge is 0.338 e. The van der Waals surface area contributed by atoms with Gasteiger partial charge in [0.1, 0.15) is 0 Å². The molecule has 0 saturated carbocycles. The van der Waals surface area contributed by atoms with Crippen LogP contribution in [0.4, 0.5) is 5.69 Å². The van der Waals surface area contributed by atoms with Crippen molar-refractivity contribution in [3.63, 3.8) is 0 Å². The Balaban J connectivity index is 1.73. The predicted molar refractivity (Wildman–Crippen MR) is 95.5 cm³/mol. The molecule has 1 fully saturated rings. The number of carboxylic acids is 1. The third-order valence-electron chi connectivity index (χ3n) is 4.36.